The number of anilines is 2. The summed E-state index contributed by atoms with van der Waals surface area (Å²) in [5, 5.41) is 8.77. The molecule has 1 saturated heterocycles. The number of likely N-dealkylation sites (tertiary alicyclic amines) is 1. The second-order valence-corrected chi connectivity index (χ2v) is 7.48. The van der Waals surface area contributed by atoms with E-state index in [-0.39, 0.29) is 0 Å². The molecular weight excluding hydrogens is 328 g/mol. The third kappa shape index (κ3) is 4.38. The van der Waals surface area contributed by atoms with E-state index in [1.807, 2.05) is 4.68 Å². The van der Waals surface area contributed by atoms with Crippen molar-refractivity contribution in [1.29, 1.82) is 0 Å². The Morgan fingerprint density at radius 2 is 2.00 bits per heavy atom. The lowest BCUT2D eigenvalue weighted by Crippen LogP contribution is -2.37. The highest BCUT2D eigenvalue weighted by Crippen LogP contribution is 2.21. The number of rotatable bonds is 5. The van der Waals surface area contributed by atoms with Crippen molar-refractivity contribution in [1.82, 2.24) is 14.7 Å². The molecule has 1 aliphatic heterocycles. The number of nitrogens with one attached hydrogen (secondary N) is 1. The van der Waals surface area contributed by atoms with Gasteiger partial charge in [0.25, 0.3) is 0 Å². The zero-order valence-electron chi connectivity index (χ0n) is 13.5. The Hall–Kier alpha value is -1.28. The summed E-state index contributed by atoms with van der Waals surface area (Å²) in [5.74, 6) is 0. The number of aromatic nitrogens is 2. The number of hydrogen-bond donors (Lipinski definition) is 1. The first-order valence-electron chi connectivity index (χ1n) is 7.81. The third-order valence-corrected chi connectivity index (χ3v) is 5.33. The largest absolute Gasteiger partial charge is 0.381 e. The Labute approximate surface area is 145 Å². The van der Waals surface area contributed by atoms with Crippen LogP contribution in [0.15, 0.2) is 24.3 Å². The van der Waals surface area contributed by atoms with Gasteiger partial charge in [-0.2, -0.15) is 0 Å². The van der Waals surface area contributed by atoms with Gasteiger partial charge in [0.1, 0.15) is 0 Å². The molecule has 0 bridgehead atoms. The highest BCUT2D eigenvalue weighted by molar-refractivity contribution is 7.73. The molecule has 124 valence electrons. The normalized spacial score (nSPS) is 16.6. The fourth-order valence-corrected chi connectivity index (χ4v) is 3.70. The van der Waals surface area contributed by atoms with Crippen molar-refractivity contribution in [2.45, 2.75) is 32.5 Å². The summed E-state index contributed by atoms with van der Waals surface area (Å²) in [5.41, 5.74) is 2.28. The quantitative estimate of drug-likeness (QED) is 0.831. The monoisotopic (exact) mass is 350 g/mol. The molecule has 0 amide bonds. The molecule has 3 rings (SSSR count). The van der Waals surface area contributed by atoms with Crippen molar-refractivity contribution in [3.05, 3.63) is 33.8 Å². The minimum absolute atomic E-state index is 0.397. The van der Waals surface area contributed by atoms with E-state index < -0.39 is 0 Å². The average Bonchev–Trinajstić information content (AvgIpc) is 2.90. The van der Waals surface area contributed by atoms with Crippen LogP contribution in [-0.2, 0) is 11.4 Å². The van der Waals surface area contributed by atoms with Crippen LogP contribution in [-0.4, -0.2) is 41.0 Å². The standard InChI is InChI=1S/C16H22N4OS2/c1-12-3-5-13(6-4-12)17-15-18-20(16(22)23-15)11-19-9-7-14(21-2)8-10-19/h3-6,14H,7-11H2,1-2H3,(H,17,18). The van der Waals surface area contributed by atoms with Gasteiger partial charge in [-0.05, 0) is 44.1 Å². The lowest BCUT2D eigenvalue weighted by atomic mass is 10.1. The van der Waals surface area contributed by atoms with Crippen molar-refractivity contribution in [2.75, 3.05) is 25.5 Å². The second-order valence-electron chi connectivity index (χ2n) is 5.86. The molecule has 0 spiro atoms. The van der Waals surface area contributed by atoms with Crippen LogP contribution in [0.25, 0.3) is 0 Å². The fourth-order valence-electron chi connectivity index (χ4n) is 2.68. The van der Waals surface area contributed by atoms with Gasteiger partial charge in [0.15, 0.2) is 3.95 Å². The van der Waals surface area contributed by atoms with Crippen molar-refractivity contribution in [3.63, 3.8) is 0 Å². The smallest absolute Gasteiger partial charge is 0.209 e. The Morgan fingerprint density at radius 1 is 1.30 bits per heavy atom. The van der Waals surface area contributed by atoms with E-state index >= 15 is 0 Å². The average molecular weight is 351 g/mol. The summed E-state index contributed by atoms with van der Waals surface area (Å²) in [4.78, 5) is 2.38. The first kappa shape index (κ1) is 16.6. The van der Waals surface area contributed by atoms with E-state index in [4.69, 9.17) is 17.0 Å². The lowest BCUT2D eigenvalue weighted by Gasteiger charge is -2.30. The Bertz CT molecular complexity index is 687. The predicted molar refractivity (Wildman–Crippen MR) is 97.0 cm³/mol. The van der Waals surface area contributed by atoms with Gasteiger partial charge in [-0.3, -0.25) is 4.90 Å². The first-order chi connectivity index (χ1) is 11.1. The van der Waals surface area contributed by atoms with Crippen LogP contribution >= 0.6 is 23.6 Å². The summed E-state index contributed by atoms with van der Waals surface area (Å²) in [6, 6.07) is 8.27. The number of nitrogens with zero attached hydrogens (tertiary/aromatic N) is 3. The molecule has 2 aromatic rings. The Balaban J connectivity index is 1.62. The molecule has 2 heterocycles. The highest BCUT2D eigenvalue weighted by Gasteiger charge is 2.19. The summed E-state index contributed by atoms with van der Waals surface area (Å²) in [7, 11) is 1.79. The van der Waals surface area contributed by atoms with Crippen LogP contribution in [0, 0.1) is 10.9 Å². The maximum atomic E-state index is 5.45. The molecule has 5 nitrogen and oxygen atoms in total. The molecule has 1 fully saturated rings. The molecule has 0 atom stereocenters. The van der Waals surface area contributed by atoms with E-state index in [2.05, 4.69) is 46.5 Å². The fraction of sp³-hybridized carbons (Fsp3) is 0.500. The Kier molecular flexibility index (Phi) is 5.42. The van der Waals surface area contributed by atoms with Gasteiger partial charge in [0.2, 0.25) is 5.13 Å². The molecule has 1 aromatic heterocycles. The molecule has 7 heteroatoms. The number of aryl methyl sites for hydroxylation is 1. The van der Waals surface area contributed by atoms with Gasteiger partial charge in [-0.15, -0.1) is 5.10 Å². The minimum atomic E-state index is 0.397. The molecule has 0 radical (unpaired) electrons. The summed E-state index contributed by atoms with van der Waals surface area (Å²) in [6.07, 6.45) is 2.54. The van der Waals surface area contributed by atoms with E-state index in [9.17, 15) is 0 Å². The van der Waals surface area contributed by atoms with Gasteiger partial charge in [-0.1, -0.05) is 29.0 Å². The van der Waals surface area contributed by atoms with E-state index in [0.29, 0.717) is 6.10 Å². The molecule has 23 heavy (non-hydrogen) atoms. The van der Waals surface area contributed by atoms with E-state index in [1.54, 1.807) is 7.11 Å². The van der Waals surface area contributed by atoms with E-state index in [1.165, 1.54) is 16.9 Å². The van der Waals surface area contributed by atoms with Crippen LogP contribution in [0.2, 0.25) is 0 Å². The number of methoxy groups -OCH3 is 1. The number of piperidine rings is 1. The highest BCUT2D eigenvalue weighted by atomic mass is 32.1. The van der Waals surface area contributed by atoms with Crippen LogP contribution in [0.4, 0.5) is 10.8 Å². The van der Waals surface area contributed by atoms with Crippen molar-refractivity contribution < 1.29 is 4.74 Å². The molecular formula is C16H22N4OS2. The molecule has 0 unspecified atom stereocenters. The van der Waals surface area contributed by atoms with Crippen LogP contribution in [0.5, 0.6) is 0 Å². The zero-order valence-corrected chi connectivity index (χ0v) is 15.1. The molecule has 0 aliphatic carbocycles. The van der Waals surface area contributed by atoms with Crippen LogP contribution < -0.4 is 5.32 Å². The van der Waals surface area contributed by atoms with Gasteiger partial charge in [0, 0.05) is 25.9 Å². The van der Waals surface area contributed by atoms with Crippen molar-refractivity contribution >= 4 is 34.4 Å². The zero-order chi connectivity index (χ0) is 16.2. The SMILES string of the molecule is COC1CCN(Cn2nc(Nc3ccc(C)cc3)sc2=S)CC1. The molecule has 1 N–H and O–H groups in total. The minimum Gasteiger partial charge on any atom is -0.381 e. The van der Waals surface area contributed by atoms with E-state index in [0.717, 1.165) is 47.4 Å². The van der Waals surface area contributed by atoms with Gasteiger partial charge >= 0.3 is 0 Å². The topological polar surface area (TPSA) is 42.3 Å². The molecule has 0 saturated carbocycles. The van der Waals surface area contributed by atoms with Gasteiger partial charge < -0.3 is 10.1 Å². The lowest BCUT2D eigenvalue weighted by molar-refractivity contribution is 0.0303. The maximum Gasteiger partial charge on any atom is 0.209 e. The summed E-state index contributed by atoms with van der Waals surface area (Å²) in [6.45, 7) is 4.88. The first-order valence-corrected chi connectivity index (χ1v) is 9.03. The van der Waals surface area contributed by atoms with Crippen molar-refractivity contribution in [3.8, 4) is 0 Å². The summed E-state index contributed by atoms with van der Waals surface area (Å²) < 4.78 is 8.12. The second kappa shape index (κ2) is 7.53. The van der Waals surface area contributed by atoms with Crippen LogP contribution in [0.1, 0.15) is 18.4 Å². The Morgan fingerprint density at radius 3 is 2.65 bits per heavy atom. The number of benzene rings is 1. The number of hydrogen-bond acceptors (Lipinski definition) is 6. The summed E-state index contributed by atoms with van der Waals surface area (Å²) >= 11 is 6.96. The van der Waals surface area contributed by atoms with Crippen LogP contribution in [0.3, 0.4) is 0 Å². The third-order valence-electron chi connectivity index (χ3n) is 4.11. The number of ether oxygens (including phenoxy) is 1. The maximum absolute atomic E-state index is 5.45. The van der Waals surface area contributed by atoms with Gasteiger partial charge in [-0.25, -0.2) is 4.68 Å². The van der Waals surface area contributed by atoms with Crippen molar-refractivity contribution in [2.24, 2.45) is 0 Å². The predicted octanol–water partition coefficient (Wildman–Crippen LogP) is 3.79. The van der Waals surface area contributed by atoms with Gasteiger partial charge in [0.05, 0.1) is 12.8 Å². The molecule has 1 aromatic carbocycles. The molecule has 1 aliphatic rings.